The molecular formula is C14H14N2O5S2. The van der Waals surface area contributed by atoms with E-state index in [1.165, 1.54) is 25.2 Å². The molecule has 2 N–H and O–H groups in total. The lowest BCUT2D eigenvalue weighted by atomic mass is 10.2. The Balaban J connectivity index is 2.21. The van der Waals surface area contributed by atoms with Crippen molar-refractivity contribution in [3.8, 4) is 0 Å². The number of hydrogen-bond donors (Lipinski definition) is 2. The number of anilines is 1. The van der Waals surface area contributed by atoms with Crippen LogP contribution in [-0.4, -0.2) is 33.9 Å². The van der Waals surface area contributed by atoms with Crippen molar-refractivity contribution in [3.05, 3.63) is 47.3 Å². The van der Waals surface area contributed by atoms with Crippen molar-refractivity contribution in [2.45, 2.75) is 4.21 Å². The Labute approximate surface area is 137 Å². The molecule has 1 aromatic carbocycles. The van der Waals surface area contributed by atoms with Crippen LogP contribution < -0.4 is 10.0 Å². The molecule has 0 saturated heterocycles. The Morgan fingerprint density at radius 3 is 2.57 bits per heavy atom. The predicted molar refractivity (Wildman–Crippen MR) is 85.9 cm³/mol. The van der Waals surface area contributed by atoms with E-state index in [1.54, 1.807) is 23.6 Å². The van der Waals surface area contributed by atoms with Gasteiger partial charge < -0.3 is 10.1 Å². The number of rotatable bonds is 6. The zero-order valence-electron chi connectivity index (χ0n) is 12.1. The van der Waals surface area contributed by atoms with Crippen molar-refractivity contribution in [3.63, 3.8) is 0 Å². The minimum absolute atomic E-state index is 0.0246. The van der Waals surface area contributed by atoms with Crippen molar-refractivity contribution in [1.29, 1.82) is 0 Å². The van der Waals surface area contributed by atoms with Gasteiger partial charge in [0.1, 0.15) is 4.21 Å². The Morgan fingerprint density at radius 2 is 1.91 bits per heavy atom. The number of para-hydroxylation sites is 1. The number of carbonyl (C=O) groups excluding carboxylic acids is 2. The monoisotopic (exact) mass is 354 g/mol. The first kappa shape index (κ1) is 17.0. The first-order chi connectivity index (χ1) is 10.9. The molecule has 1 aromatic heterocycles. The molecule has 2 rings (SSSR count). The Hall–Kier alpha value is -2.39. The number of hydrogen-bond acceptors (Lipinski definition) is 6. The number of esters is 1. The average molecular weight is 354 g/mol. The van der Waals surface area contributed by atoms with Crippen LogP contribution in [-0.2, 0) is 19.6 Å². The van der Waals surface area contributed by atoms with Crippen LogP contribution in [0.15, 0.2) is 46.0 Å². The van der Waals surface area contributed by atoms with Gasteiger partial charge in [-0.1, -0.05) is 18.2 Å². The lowest BCUT2D eigenvalue weighted by Gasteiger charge is -2.11. The summed E-state index contributed by atoms with van der Waals surface area (Å²) in [5.41, 5.74) is 0.111. The van der Waals surface area contributed by atoms with Crippen molar-refractivity contribution in [2.24, 2.45) is 0 Å². The normalized spacial score (nSPS) is 10.8. The van der Waals surface area contributed by atoms with Gasteiger partial charge in [-0.2, -0.15) is 0 Å². The van der Waals surface area contributed by atoms with Gasteiger partial charge >= 0.3 is 5.97 Å². The van der Waals surface area contributed by atoms with Gasteiger partial charge in [-0.3, -0.25) is 9.52 Å². The Bertz CT molecular complexity index is 800. The quantitative estimate of drug-likeness (QED) is 0.765. The molecule has 0 saturated carbocycles. The fourth-order valence-electron chi connectivity index (χ4n) is 1.64. The SMILES string of the molecule is CNC(=O)COC(=O)c1ccccc1NS(=O)(=O)c1cccs1. The predicted octanol–water partition coefficient (Wildman–Crippen LogP) is 1.45. The highest BCUT2D eigenvalue weighted by Crippen LogP contribution is 2.23. The summed E-state index contributed by atoms with van der Waals surface area (Å²) in [5.74, 6) is -1.26. The molecule has 0 fully saturated rings. The fraction of sp³-hybridized carbons (Fsp3) is 0.143. The highest BCUT2D eigenvalue weighted by Gasteiger charge is 2.20. The Morgan fingerprint density at radius 1 is 1.17 bits per heavy atom. The van der Waals surface area contributed by atoms with E-state index in [0.717, 1.165) is 11.3 Å². The summed E-state index contributed by atoms with van der Waals surface area (Å²) in [5, 5.41) is 3.95. The van der Waals surface area contributed by atoms with E-state index in [0.29, 0.717) is 0 Å². The molecule has 23 heavy (non-hydrogen) atoms. The molecule has 0 aliphatic carbocycles. The molecule has 9 heteroatoms. The van der Waals surface area contributed by atoms with Crippen LogP contribution in [0.25, 0.3) is 0 Å². The van der Waals surface area contributed by atoms with E-state index in [-0.39, 0.29) is 15.5 Å². The number of likely N-dealkylation sites (N-methyl/N-ethyl adjacent to an activating group) is 1. The topological polar surface area (TPSA) is 102 Å². The number of amides is 1. The number of nitrogens with one attached hydrogen (secondary N) is 2. The second-order valence-electron chi connectivity index (χ2n) is 4.33. The maximum absolute atomic E-state index is 12.2. The molecule has 0 unspecified atom stereocenters. The minimum atomic E-state index is -3.78. The summed E-state index contributed by atoms with van der Waals surface area (Å²) >= 11 is 1.06. The van der Waals surface area contributed by atoms with Crippen molar-refractivity contribution in [1.82, 2.24) is 5.32 Å². The maximum atomic E-state index is 12.2. The zero-order valence-corrected chi connectivity index (χ0v) is 13.7. The molecule has 0 aliphatic rings. The third-order valence-corrected chi connectivity index (χ3v) is 5.53. The molecule has 1 heterocycles. The van der Waals surface area contributed by atoms with E-state index in [4.69, 9.17) is 4.74 Å². The van der Waals surface area contributed by atoms with Crippen molar-refractivity contribution in [2.75, 3.05) is 18.4 Å². The van der Waals surface area contributed by atoms with E-state index >= 15 is 0 Å². The third kappa shape index (κ3) is 4.30. The van der Waals surface area contributed by atoms with Crippen molar-refractivity contribution < 1.29 is 22.7 Å². The van der Waals surface area contributed by atoms with Gasteiger partial charge in [0.05, 0.1) is 11.3 Å². The summed E-state index contributed by atoms with van der Waals surface area (Å²) in [6, 6.07) is 9.09. The van der Waals surface area contributed by atoms with Crippen LogP contribution in [0.4, 0.5) is 5.69 Å². The third-order valence-electron chi connectivity index (χ3n) is 2.76. The lowest BCUT2D eigenvalue weighted by Crippen LogP contribution is -2.25. The zero-order chi connectivity index (χ0) is 16.9. The van der Waals surface area contributed by atoms with Crippen LogP contribution >= 0.6 is 11.3 Å². The van der Waals surface area contributed by atoms with Gasteiger partial charge in [0.2, 0.25) is 0 Å². The van der Waals surface area contributed by atoms with Gasteiger partial charge in [-0.15, -0.1) is 11.3 Å². The molecular weight excluding hydrogens is 340 g/mol. The molecule has 122 valence electrons. The van der Waals surface area contributed by atoms with Crippen LogP contribution in [0.5, 0.6) is 0 Å². The van der Waals surface area contributed by atoms with E-state index in [1.807, 2.05) is 0 Å². The number of benzene rings is 1. The smallest absolute Gasteiger partial charge is 0.340 e. The standard InChI is InChI=1S/C14H14N2O5S2/c1-15-12(17)9-21-14(18)10-5-2-3-6-11(10)16-23(19,20)13-7-4-8-22-13/h2-8,16H,9H2,1H3,(H,15,17). The Kier molecular flexibility index (Phi) is 5.35. The number of carbonyl (C=O) groups is 2. The van der Waals surface area contributed by atoms with Crippen LogP contribution in [0.1, 0.15) is 10.4 Å². The van der Waals surface area contributed by atoms with Gasteiger partial charge in [0.15, 0.2) is 6.61 Å². The molecule has 0 radical (unpaired) electrons. The largest absolute Gasteiger partial charge is 0.452 e. The summed E-state index contributed by atoms with van der Waals surface area (Å²) in [6.07, 6.45) is 0. The van der Waals surface area contributed by atoms with E-state index < -0.39 is 28.5 Å². The summed E-state index contributed by atoms with van der Waals surface area (Å²) < 4.78 is 31.8. The first-order valence-electron chi connectivity index (χ1n) is 6.47. The summed E-state index contributed by atoms with van der Waals surface area (Å²) in [7, 11) is -2.36. The highest BCUT2D eigenvalue weighted by atomic mass is 32.2. The van der Waals surface area contributed by atoms with E-state index in [2.05, 4.69) is 10.0 Å². The van der Waals surface area contributed by atoms with Gasteiger partial charge in [0.25, 0.3) is 15.9 Å². The maximum Gasteiger partial charge on any atom is 0.340 e. The van der Waals surface area contributed by atoms with E-state index in [9.17, 15) is 18.0 Å². The highest BCUT2D eigenvalue weighted by molar-refractivity contribution is 7.94. The number of ether oxygens (including phenoxy) is 1. The second kappa shape index (κ2) is 7.25. The minimum Gasteiger partial charge on any atom is -0.452 e. The average Bonchev–Trinajstić information content (AvgIpc) is 3.07. The second-order valence-corrected chi connectivity index (χ2v) is 7.19. The molecule has 0 spiro atoms. The fourth-order valence-corrected chi connectivity index (χ4v) is 3.72. The molecule has 1 amide bonds. The molecule has 2 aromatic rings. The van der Waals surface area contributed by atoms with Gasteiger partial charge in [0, 0.05) is 7.05 Å². The summed E-state index contributed by atoms with van der Waals surface area (Å²) in [6.45, 7) is -0.443. The molecule has 7 nitrogen and oxygen atoms in total. The van der Waals surface area contributed by atoms with Crippen molar-refractivity contribution >= 4 is 38.9 Å². The molecule has 0 aliphatic heterocycles. The number of thiophene rings is 1. The lowest BCUT2D eigenvalue weighted by molar-refractivity contribution is -0.123. The van der Waals surface area contributed by atoms with Gasteiger partial charge in [-0.05, 0) is 23.6 Å². The molecule has 0 bridgehead atoms. The van der Waals surface area contributed by atoms with Gasteiger partial charge in [-0.25, -0.2) is 13.2 Å². The van der Waals surface area contributed by atoms with Crippen LogP contribution in [0, 0.1) is 0 Å². The molecule has 0 atom stereocenters. The first-order valence-corrected chi connectivity index (χ1v) is 8.83. The van der Waals surface area contributed by atoms with Crippen LogP contribution in [0.3, 0.4) is 0 Å². The van der Waals surface area contributed by atoms with Crippen LogP contribution in [0.2, 0.25) is 0 Å². The number of sulfonamides is 1. The summed E-state index contributed by atoms with van der Waals surface area (Å²) in [4.78, 5) is 23.1.